The van der Waals surface area contributed by atoms with E-state index < -0.39 is 11.2 Å². The molecule has 0 saturated carbocycles. The van der Waals surface area contributed by atoms with Crippen LogP contribution in [0.3, 0.4) is 0 Å². The molecule has 9 nitrogen and oxygen atoms in total. The minimum absolute atomic E-state index is 0.293. The smallest absolute Gasteiger partial charge is 0.299 e. The van der Waals surface area contributed by atoms with Gasteiger partial charge in [-0.15, -0.1) is 0 Å². The van der Waals surface area contributed by atoms with Crippen molar-refractivity contribution in [3.05, 3.63) is 63.1 Å². The largest absolute Gasteiger partial charge is 0.332 e. The zero-order valence-electron chi connectivity index (χ0n) is 14.8. The predicted octanol–water partition coefficient (Wildman–Crippen LogP) is 0.851. The highest BCUT2D eigenvalue weighted by Crippen LogP contribution is 2.17. The number of hydrazone groups is 1. The molecule has 3 rings (SSSR count). The topological polar surface area (TPSA) is 99.1 Å². The zero-order valence-corrected chi connectivity index (χ0v) is 14.8. The number of aryl methyl sites for hydroxylation is 1. The lowest BCUT2D eigenvalue weighted by atomic mass is 10.3. The predicted molar refractivity (Wildman–Crippen MR) is 100 cm³/mol. The Kier molecular flexibility index (Phi) is 4.53. The highest BCUT2D eigenvalue weighted by atomic mass is 16.2. The van der Waals surface area contributed by atoms with Crippen molar-refractivity contribution >= 4 is 23.3 Å². The fraction of sp³-hybridized carbons (Fsp3) is 0.235. The summed E-state index contributed by atoms with van der Waals surface area (Å²) in [7, 11) is 3.02. The second kappa shape index (κ2) is 6.79. The Labute approximate surface area is 148 Å². The number of anilines is 1. The van der Waals surface area contributed by atoms with Gasteiger partial charge in [0.2, 0.25) is 5.95 Å². The zero-order chi connectivity index (χ0) is 18.8. The van der Waals surface area contributed by atoms with E-state index >= 15 is 0 Å². The van der Waals surface area contributed by atoms with E-state index in [0.717, 1.165) is 15.7 Å². The number of pyridine rings is 1. The lowest BCUT2D eigenvalue weighted by Crippen LogP contribution is -2.37. The summed E-state index contributed by atoms with van der Waals surface area (Å²) in [5.41, 5.74) is 4.30. The van der Waals surface area contributed by atoms with Crippen molar-refractivity contribution < 1.29 is 0 Å². The van der Waals surface area contributed by atoms with Crippen LogP contribution in [-0.2, 0) is 20.6 Å². The number of allylic oxidation sites excluding steroid dienone is 1. The maximum absolute atomic E-state index is 12.6. The molecule has 1 N–H and O–H groups in total. The van der Waals surface area contributed by atoms with Crippen LogP contribution in [-0.4, -0.2) is 29.9 Å². The summed E-state index contributed by atoms with van der Waals surface area (Å²) in [6, 6.07) is 3.61. The molecule has 0 aliphatic heterocycles. The van der Waals surface area contributed by atoms with Crippen molar-refractivity contribution in [2.45, 2.75) is 13.5 Å². The molecule has 134 valence electrons. The van der Waals surface area contributed by atoms with Gasteiger partial charge >= 0.3 is 5.69 Å². The Morgan fingerprint density at radius 1 is 1.27 bits per heavy atom. The van der Waals surface area contributed by atoms with Gasteiger partial charge in [-0.05, 0) is 24.6 Å². The van der Waals surface area contributed by atoms with E-state index in [0.29, 0.717) is 23.7 Å². The van der Waals surface area contributed by atoms with Crippen LogP contribution in [0.1, 0.15) is 12.5 Å². The van der Waals surface area contributed by atoms with Gasteiger partial charge in [0.25, 0.3) is 5.56 Å². The van der Waals surface area contributed by atoms with E-state index in [-0.39, 0.29) is 0 Å². The van der Waals surface area contributed by atoms with Crippen LogP contribution in [0.15, 0.2) is 51.4 Å². The molecule has 0 bridgehead atoms. The van der Waals surface area contributed by atoms with Crippen molar-refractivity contribution in [2.75, 3.05) is 5.43 Å². The van der Waals surface area contributed by atoms with Crippen molar-refractivity contribution in [2.24, 2.45) is 19.2 Å². The fourth-order valence-corrected chi connectivity index (χ4v) is 2.57. The number of hydrogen-bond acceptors (Lipinski definition) is 6. The number of hydrogen-bond donors (Lipinski definition) is 1. The van der Waals surface area contributed by atoms with Crippen LogP contribution in [0.5, 0.6) is 0 Å². The van der Waals surface area contributed by atoms with E-state index in [9.17, 15) is 9.59 Å². The third-order valence-corrected chi connectivity index (χ3v) is 3.86. The molecule has 0 radical (unpaired) electrons. The summed E-state index contributed by atoms with van der Waals surface area (Å²) in [6.07, 6.45) is 4.94. The lowest BCUT2D eigenvalue weighted by Gasteiger charge is -2.08. The summed E-state index contributed by atoms with van der Waals surface area (Å²) in [4.78, 5) is 33.1. The molecule has 0 amide bonds. The number of rotatable bonds is 5. The molecule has 0 aromatic carbocycles. The first-order valence-electron chi connectivity index (χ1n) is 7.90. The van der Waals surface area contributed by atoms with Crippen LogP contribution < -0.4 is 16.7 Å². The average molecular weight is 353 g/mol. The summed E-state index contributed by atoms with van der Waals surface area (Å²) in [5, 5.41) is 4.17. The minimum Gasteiger partial charge on any atom is -0.299 e. The first-order chi connectivity index (χ1) is 12.4. The monoisotopic (exact) mass is 353 g/mol. The molecule has 3 aromatic heterocycles. The molecule has 0 aliphatic rings. The maximum atomic E-state index is 12.6. The highest BCUT2D eigenvalue weighted by Gasteiger charge is 2.18. The van der Waals surface area contributed by atoms with E-state index in [4.69, 9.17) is 0 Å². The molecule has 0 aliphatic carbocycles. The van der Waals surface area contributed by atoms with Gasteiger partial charge in [-0.3, -0.25) is 23.5 Å². The molecule has 9 heteroatoms. The molecule has 0 fully saturated rings. The van der Waals surface area contributed by atoms with Gasteiger partial charge < -0.3 is 0 Å². The first-order valence-corrected chi connectivity index (χ1v) is 7.90. The Balaban J connectivity index is 2.12. The van der Waals surface area contributed by atoms with Gasteiger partial charge in [-0.2, -0.15) is 10.1 Å². The molecular formula is C17H19N7O2. The summed E-state index contributed by atoms with van der Waals surface area (Å²) < 4.78 is 4.07. The standard InChI is InChI=1S/C17H19N7O2/c1-11(2)10-24-13-14(22(3)17(26)23(4)15(13)25)20-16(24)21-19-9-12-5-7-18-8-6-12/h5-9H,1,10H2,2-4H3,(H,20,21)/b19-9+. The van der Waals surface area contributed by atoms with Crippen molar-refractivity contribution in [1.82, 2.24) is 23.7 Å². The molecule has 26 heavy (non-hydrogen) atoms. The number of fused-ring (bicyclic) bond motifs is 1. The molecule has 0 spiro atoms. The number of aromatic nitrogens is 5. The number of imidazole rings is 1. The van der Waals surface area contributed by atoms with Crippen molar-refractivity contribution in [3.8, 4) is 0 Å². The third-order valence-electron chi connectivity index (χ3n) is 3.86. The van der Waals surface area contributed by atoms with Crippen LogP contribution in [0.2, 0.25) is 0 Å². The van der Waals surface area contributed by atoms with E-state index in [1.165, 1.54) is 11.6 Å². The molecule has 0 unspecified atom stereocenters. The van der Waals surface area contributed by atoms with Crippen LogP contribution in [0.25, 0.3) is 11.2 Å². The van der Waals surface area contributed by atoms with Crippen LogP contribution in [0, 0.1) is 0 Å². The van der Waals surface area contributed by atoms with E-state index in [1.807, 2.05) is 19.1 Å². The SMILES string of the molecule is C=C(C)Cn1c(N/N=C/c2ccncc2)nc2c1c(=O)n(C)c(=O)n2C. The maximum Gasteiger partial charge on any atom is 0.332 e. The minimum atomic E-state index is -0.436. The normalized spacial score (nSPS) is 11.3. The van der Waals surface area contributed by atoms with Gasteiger partial charge in [0.1, 0.15) is 0 Å². The van der Waals surface area contributed by atoms with Crippen LogP contribution >= 0.6 is 0 Å². The van der Waals surface area contributed by atoms with E-state index in [1.54, 1.807) is 30.2 Å². The Hall–Kier alpha value is -3.49. The molecular weight excluding hydrogens is 334 g/mol. The summed E-state index contributed by atoms with van der Waals surface area (Å²) in [5.74, 6) is 0.353. The van der Waals surface area contributed by atoms with Gasteiger partial charge in [0.05, 0.1) is 6.21 Å². The number of nitrogens with zero attached hydrogens (tertiary/aromatic N) is 6. The van der Waals surface area contributed by atoms with Crippen LogP contribution in [0.4, 0.5) is 5.95 Å². The summed E-state index contributed by atoms with van der Waals surface area (Å²) >= 11 is 0. The van der Waals surface area contributed by atoms with Gasteiger partial charge in [0, 0.05) is 33.0 Å². The van der Waals surface area contributed by atoms with Gasteiger partial charge in [-0.25, -0.2) is 10.2 Å². The van der Waals surface area contributed by atoms with Crippen molar-refractivity contribution in [3.63, 3.8) is 0 Å². The fourth-order valence-electron chi connectivity index (χ4n) is 2.57. The second-order valence-electron chi connectivity index (χ2n) is 6.01. The first kappa shape index (κ1) is 17.3. The lowest BCUT2D eigenvalue weighted by molar-refractivity contribution is 0.702. The van der Waals surface area contributed by atoms with Crippen molar-refractivity contribution in [1.29, 1.82) is 0 Å². The third kappa shape index (κ3) is 3.06. The summed E-state index contributed by atoms with van der Waals surface area (Å²) in [6.45, 7) is 6.12. The molecule has 0 atom stereocenters. The quantitative estimate of drug-likeness (QED) is 0.416. The molecule has 0 saturated heterocycles. The number of nitrogens with one attached hydrogen (secondary N) is 1. The molecule has 3 aromatic rings. The average Bonchev–Trinajstić information content (AvgIpc) is 2.97. The van der Waals surface area contributed by atoms with Gasteiger partial charge in [0.15, 0.2) is 11.2 Å². The Morgan fingerprint density at radius 3 is 2.62 bits per heavy atom. The second-order valence-corrected chi connectivity index (χ2v) is 6.01. The Bertz CT molecular complexity index is 1120. The van der Waals surface area contributed by atoms with E-state index in [2.05, 4.69) is 27.1 Å². The highest BCUT2D eigenvalue weighted by molar-refractivity contribution is 5.80. The molecule has 3 heterocycles. The Morgan fingerprint density at radius 2 is 1.96 bits per heavy atom. The van der Waals surface area contributed by atoms with Gasteiger partial charge in [-0.1, -0.05) is 12.2 Å².